The molecule has 39 heavy (non-hydrogen) atoms. The molecule has 5 heteroatoms. The summed E-state index contributed by atoms with van der Waals surface area (Å²) in [6, 6.07) is 26.7. The van der Waals surface area contributed by atoms with Gasteiger partial charge in [-0.25, -0.2) is 8.42 Å². The van der Waals surface area contributed by atoms with Crippen LogP contribution in [0.15, 0.2) is 102 Å². The lowest BCUT2D eigenvalue weighted by atomic mass is 9.83. The summed E-state index contributed by atoms with van der Waals surface area (Å²) < 4.78 is 30.7. The molecule has 0 heterocycles. The number of nitrogens with zero attached hydrogens (tertiary/aromatic N) is 1. The minimum absolute atomic E-state index is 0.105. The zero-order valence-electron chi connectivity index (χ0n) is 24.5. The fourth-order valence-electron chi connectivity index (χ4n) is 6.02. The highest BCUT2D eigenvalue weighted by atomic mass is 32.2. The molecule has 0 N–H and O–H groups in total. The molecule has 0 aliphatic carbocycles. The first-order chi connectivity index (χ1) is 18.4. The maximum absolute atomic E-state index is 14.6. The van der Waals surface area contributed by atoms with Gasteiger partial charge in [0.05, 0.1) is 4.90 Å². The Morgan fingerprint density at radius 1 is 0.795 bits per heavy atom. The van der Waals surface area contributed by atoms with Crippen LogP contribution in [0.25, 0.3) is 0 Å². The van der Waals surface area contributed by atoms with Gasteiger partial charge in [-0.3, -0.25) is 0 Å². The lowest BCUT2D eigenvalue weighted by Crippen LogP contribution is -2.51. The molecule has 0 saturated carbocycles. The van der Waals surface area contributed by atoms with Gasteiger partial charge < -0.3 is 0 Å². The molecular formula is C34H43NO2SSi. The maximum Gasteiger partial charge on any atom is 0.245 e. The number of sulfonamides is 1. The van der Waals surface area contributed by atoms with Gasteiger partial charge in [0.1, 0.15) is 13.6 Å². The Labute approximate surface area is 238 Å². The Morgan fingerprint density at radius 2 is 1.23 bits per heavy atom. The first-order valence-electron chi connectivity index (χ1n) is 13.8. The summed E-state index contributed by atoms with van der Waals surface area (Å²) in [5, 5.41) is 0. The molecule has 0 aliphatic rings. The van der Waals surface area contributed by atoms with Crippen LogP contribution in [0.2, 0.25) is 16.6 Å². The summed E-state index contributed by atoms with van der Waals surface area (Å²) in [6.07, 6.45) is 1.66. The number of rotatable bonds is 10. The van der Waals surface area contributed by atoms with Crippen molar-refractivity contribution in [3.05, 3.63) is 114 Å². The van der Waals surface area contributed by atoms with Crippen molar-refractivity contribution in [3.63, 3.8) is 0 Å². The summed E-state index contributed by atoms with van der Waals surface area (Å²) in [5.41, 5.74) is 6.48. The van der Waals surface area contributed by atoms with Crippen molar-refractivity contribution in [2.75, 3.05) is 6.54 Å². The lowest BCUT2D eigenvalue weighted by molar-refractivity contribution is 0.321. The summed E-state index contributed by atoms with van der Waals surface area (Å²) >= 11 is 0. The zero-order valence-corrected chi connectivity index (χ0v) is 26.3. The summed E-state index contributed by atoms with van der Waals surface area (Å²) in [7, 11) is -6.21. The molecule has 0 amide bonds. The molecule has 0 atom stereocenters. The van der Waals surface area contributed by atoms with Gasteiger partial charge >= 0.3 is 0 Å². The molecular weight excluding hydrogens is 515 g/mol. The molecule has 3 aromatic rings. The van der Waals surface area contributed by atoms with Gasteiger partial charge in [0, 0.05) is 6.54 Å². The van der Waals surface area contributed by atoms with E-state index in [1.807, 2.05) is 79.7 Å². The Kier molecular flexibility index (Phi) is 9.82. The van der Waals surface area contributed by atoms with Gasteiger partial charge in [-0.15, -0.1) is 12.1 Å². The third-order valence-electron chi connectivity index (χ3n) is 7.99. The Balaban J connectivity index is 2.53. The molecule has 3 rings (SSSR count). The van der Waals surface area contributed by atoms with E-state index in [9.17, 15) is 8.42 Å². The van der Waals surface area contributed by atoms with Gasteiger partial charge in [0.2, 0.25) is 10.0 Å². The average molecular weight is 558 g/mol. The Hall–Kier alpha value is -2.91. The molecule has 0 aliphatic heterocycles. The normalized spacial score (nSPS) is 12.6. The van der Waals surface area contributed by atoms with E-state index in [1.54, 1.807) is 22.5 Å². The van der Waals surface area contributed by atoms with Gasteiger partial charge in [0.15, 0.2) is 0 Å². The molecule has 0 aromatic heterocycles. The highest BCUT2D eigenvalue weighted by molar-refractivity contribution is 7.89. The van der Waals surface area contributed by atoms with Crippen LogP contribution in [0.5, 0.6) is 0 Å². The topological polar surface area (TPSA) is 37.4 Å². The van der Waals surface area contributed by atoms with Crippen LogP contribution in [0.3, 0.4) is 0 Å². The van der Waals surface area contributed by atoms with E-state index >= 15 is 0 Å². The first kappa shape index (κ1) is 30.6. The number of aryl methyl sites for hydroxylation is 1. The molecule has 0 fully saturated rings. The predicted octanol–water partition coefficient (Wildman–Crippen LogP) is 8.34. The fourth-order valence-corrected chi connectivity index (χ4v) is 12.9. The molecule has 3 aromatic carbocycles. The van der Waals surface area contributed by atoms with E-state index in [0.717, 1.165) is 16.7 Å². The first-order valence-corrected chi connectivity index (χ1v) is 17.5. The molecule has 3 nitrogen and oxygen atoms in total. The SMILES string of the molecule is C=CCN(C(C#C[Si](C(C)C)(C(C)C)C(C)C)(c1ccccc1)c1ccccc1)S(=O)(=O)c1ccc(C)cc1. The lowest BCUT2D eigenvalue weighted by Gasteiger charge is -2.42. The molecule has 0 saturated heterocycles. The van der Waals surface area contributed by atoms with Crippen LogP contribution in [-0.2, 0) is 15.6 Å². The smallest absolute Gasteiger partial charge is 0.207 e. The highest BCUT2D eigenvalue weighted by Gasteiger charge is 2.47. The molecule has 206 valence electrons. The fraction of sp³-hybridized carbons (Fsp3) is 0.353. The molecule has 0 bridgehead atoms. The molecule has 0 radical (unpaired) electrons. The summed E-state index contributed by atoms with van der Waals surface area (Å²) in [4.78, 5) is 0.244. The van der Waals surface area contributed by atoms with E-state index < -0.39 is 23.6 Å². The van der Waals surface area contributed by atoms with E-state index in [1.165, 1.54) is 0 Å². The minimum atomic E-state index is -3.99. The van der Waals surface area contributed by atoms with E-state index in [2.05, 4.69) is 59.6 Å². The monoisotopic (exact) mass is 557 g/mol. The van der Waals surface area contributed by atoms with Crippen LogP contribution < -0.4 is 0 Å². The Morgan fingerprint density at radius 3 is 1.62 bits per heavy atom. The van der Waals surface area contributed by atoms with Gasteiger partial charge in [0.25, 0.3) is 0 Å². The highest BCUT2D eigenvalue weighted by Crippen LogP contribution is 2.43. The third-order valence-corrected chi connectivity index (χ3v) is 16.1. The molecule has 0 spiro atoms. The average Bonchev–Trinajstić information content (AvgIpc) is 2.91. The van der Waals surface area contributed by atoms with Crippen molar-refractivity contribution in [1.82, 2.24) is 4.31 Å². The maximum atomic E-state index is 14.6. The van der Waals surface area contributed by atoms with E-state index in [4.69, 9.17) is 0 Å². The van der Waals surface area contributed by atoms with Crippen LogP contribution in [-0.4, -0.2) is 27.3 Å². The van der Waals surface area contributed by atoms with E-state index in [0.29, 0.717) is 16.6 Å². The second kappa shape index (κ2) is 12.5. The second-order valence-corrected chi connectivity index (χ2v) is 18.7. The largest absolute Gasteiger partial charge is 0.245 e. The van der Waals surface area contributed by atoms with Crippen molar-refractivity contribution in [3.8, 4) is 11.5 Å². The predicted molar refractivity (Wildman–Crippen MR) is 168 cm³/mol. The van der Waals surface area contributed by atoms with Crippen molar-refractivity contribution >= 4 is 18.1 Å². The van der Waals surface area contributed by atoms with Gasteiger partial charge in [-0.1, -0.05) is 132 Å². The Bertz CT molecular complexity index is 1340. The number of hydrogen-bond acceptors (Lipinski definition) is 2. The summed E-state index contributed by atoms with van der Waals surface area (Å²) in [5.74, 6) is 3.73. The van der Waals surface area contributed by atoms with Crippen LogP contribution in [0.1, 0.15) is 58.2 Å². The van der Waals surface area contributed by atoms with Crippen molar-refractivity contribution in [2.24, 2.45) is 0 Å². The van der Waals surface area contributed by atoms with Crippen molar-refractivity contribution < 1.29 is 8.42 Å². The third kappa shape index (κ3) is 5.84. The molecule has 0 unspecified atom stereocenters. The van der Waals surface area contributed by atoms with Crippen LogP contribution in [0.4, 0.5) is 0 Å². The quantitative estimate of drug-likeness (QED) is 0.143. The second-order valence-electron chi connectivity index (χ2n) is 11.2. The van der Waals surface area contributed by atoms with Gasteiger partial charge in [-0.2, -0.15) is 4.31 Å². The zero-order chi connectivity index (χ0) is 28.8. The van der Waals surface area contributed by atoms with Crippen molar-refractivity contribution in [1.29, 1.82) is 0 Å². The van der Waals surface area contributed by atoms with Crippen LogP contribution in [0, 0.1) is 18.4 Å². The minimum Gasteiger partial charge on any atom is -0.207 e. The standard InChI is InChI=1S/C34H43NO2SSi/c1-9-25-35(38(36,37)33-22-20-30(8)21-23-33)34(31-16-12-10-13-17-31,32-18-14-11-15-19-32)24-26-39(27(2)3,28(4)5)29(6)7/h9-23,27-29H,1,25H2,2-8H3. The van der Waals surface area contributed by atoms with Crippen LogP contribution >= 0.6 is 0 Å². The van der Waals surface area contributed by atoms with Gasteiger partial charge in [-0.05, 0) is 46.8 Å². The number of benzene rings is 3. The summed E-state index contributed by atoms with van der Waals surface area (Å²) in [6.45, 7) is 19.7. The van der Waals surface area contributed by atoms with Crippen molar-refractivity contribution in [2.45, 2.75) is 75.5 Å². The van der Waals surface area contributed by atoms with E-state index in [-0.39, 0.29) is 11.4 Å². The number of hydrogen-bond donors (Lipinski definition) is 0.